The normalized spacial score (nSPS) is 12.7. The monoisotopic (exact) mass is 414 g/mol. The molecular formula is C23H27FN2O4. The number of halogens is 1. The lowest BCUT2D eigenvalue weighted by atomic mass is 10.00. The number of hydrogen-bond acceptors (Lipinski definition) is 4. The number of ether oxygens (including phenoxy) is 1. The number of rotatable bonds is 10. The van der Waals surface area contributed by atoms with Crippen LogP contribution in [0.25, 0.3) is 0 Å². The zero-order chi connectivity index (χ0) is 21.9. The van der Waals surface area contributed by atoms with E-state index in [4.69, 9.17) is 4.74 Å². The molecule has 0 heterocycles. The van der Waals surface area contributed by atoms with E-state index in [2.05, 4.69) is 10.6 Å². The van der Waals surface area contributed by atoms with Crippen LogP contribution in [0, 0.1) is 5.92 Å². The number of nitrogens with one attached hydrogen (secondary N) is 2. The van der Waals surface area contributed by atoms with Gasteiger partial charge in [-0.25, -0.2) is 9.18 Å². The van der Waals surface area contributed by atoms with Gasteiger partial charge in [0.05, 0.1) is 6.04 Å². The first-order valence-corrected chi connectivity index (χ1v) is 9.81. The second-order valence-electron chi connectivity index (χ2n) is 7.28. The van der Waals surface area contributed by atoms with Crippen LogP contribution in [0.1, 0.15) is 25.0 Å². The molecule has 2 aromatic carbocycles. The number of carbonyl (C=O) groups is 3. The highest BCUT2D eigenvalue weighted by atomic mass is 19.1. The summed E-state index contributed by atoms with van der Waals surface area (Å²) < 4.78 is 18.2. The molecule has 0 aromatic heterocycles. The third-order valence-electron chi connectivity index (χ3n) is 4.55. The molecule has 0 aliphatic carbocycles. The summed E-state index contributed by atoms with van der Waals surface area (Å²) in [7, 11) is 0. The Bertz CT molecular complexity index is 828. The van der Waals surface area contributed by atoms with Crippen molar-refractivity contribution < 1.29 is 23.5 Å². The molecule has 0 radical (unpaired) electrons. The number of hydrogen-bond donors (Lipinski definition) is 2. The van der Waals surface area contributed by atoms with Crippen LogP contribution >= 0.6 is 0 Å². The Balaban J connectivity index is 1.99. The second-order valence-corrected chi connectivity index (χ2v) is 7.28. The first kappa shape index (κ1) is 23.1. The van der Waals surface area contributed by atoms with Crippen molar-refractivity contribution >= 4 is 17.8 Å². The largest absolute Gasteiger partial charge is 0.445 e. The highest BCUT2D eigenvalue weighted by Crippen LogP contribution is 2.08. The van der Waals surface area contributed by atoms with Gasteiger partial charge in [0.1, 0.15) is 19.3 Å². The number of benzene rings is 2. The molecule has 0 aliphatic heterocycles. The number of ketones is 1. The molecule has 7 heteroatoms. The minimum Gasteiger partial charge on any atom is -0.445 e. The second kappa shape index (κ2) is 11.7. The predicted molar refractivity (Wildman–Crippen MR) is 111 cm³/mol. The maximum absolute atomic E-state index is 13.0. The summed E-state index contributed by atoms with van der Waals surface area (Å²) in [6.07, 6.45) is -0.581. The van der Waals surface area contributed by atoms with E-state index >= 15 is 0 Å². The van der Waals surface area contributed by atoms with Gasteiger partial charge in [-0.2, -0.15) is 0 Å². The van der Waals surface area contributed by atoms with E-state index in [9.17, 15) is 18.8 Å². The molecule has 0 saturated carbocycles. The van der Waals surface area contributed by atoms with E-state index in [-0.39, 0.29) is 18.9 Å². The zero-order valence-electron chi connectivity index (χ0n) is 17.1. The van der Waals surface area contributed by atoms with Crippen LogP contribution in [0.15, 0.2) is 60.7 Å². The average Bonchev–Trinajstić information content (AvgIpc) is 2.76. The van der Waals surface area contributed by atoms with Crippen LogP contribution in [-0.2, 0) is 27.4 Å². The fourth-order valence-corrected chi connectivity index (χ4v) is 2.88. The summed E-state index contributed by atoms with van der Waals surface area (Å²) in [6.45, 7) is 2.39. The molecule has 0 fully saturated rings. The Morgan fingerprint density at radius 3 is 2.00 bits per heavy atom. The fraction of sp³-hybridized carbons (Fsp3) is 0.348. The number of alkyl halides is 1. The van der Waals surface area contributed by atoms with Gasteiger partial charge in [0, 0.05) is 0 Å². The predicted octanol–water partition coefficient (Wildman–Crippen LogP) is 3.20. The topological polar surface area (TPSA) is 84.5 Å². The Hall–Kier alpha value is -3.22. The number of carbonyl (C=O) groups excluding carboxylic acids is 3. The van der Waals surface area contributed by atoms with Crippen molar-refractivity contribution in [1.29, 1.82) is 0 Å². The minimum atomic E-state index is -1.18. The number of amides is 2. The molecule has 30 heavy (non-hydrogen) atoms. The van der Waals surface area contributed by atoms with Gasteiger partial charge in [0.2, 0.25) is 5.91 Å². The third-order valence-corrected chi connectivity index (χ3v) is 4.55. The molecule has 6 nitrogen and oxygen atoms in total. The van der Waals surface area contributed by atoms with Crippen molar-refractivity contribution in [3.05, 3.63) is 71.8 Å². The molecule has 0 saturated heterocycles. The van der Waals surface area contributed by atoms with Gasteiger partial charge < -0.3 is 15.4 Å². The van der Waals surface area contributed by atoms with Crippen LogP contribution in [-0.4, -0.2) is 36.5 Å². The Morgan fingerprint density at radius 1 is 0.900 bits per heavy atom. The Morgan fingerprint density at radius 2 is 1.47 bits per heavy atom. The number of Topliss-reactive ketones (excluding diaryl/α,β-unsaturated/α-hetero) is 1. The molecule has 0 spiro atoms. The van der Waals surface area contributed by atoms with Gasteiger partial charge in [0.25, 0.3) is 0 Å². The van der Waals surface area contributed by atoms with Crippen molar-refractivity contribution in [3.8, 4) is 0 Å². The van der Waals surface area contributed by atoms with Gasteiger partial charge >= 0.3 is 6.09 Å². The summed E-state index contributed by atoms with van der Waals surface area (Å²) in [5.41, 5.74) is 1.61. The van der Waals surface area contributed by atoms with Crippen molar-refractivity contribution in [3.63, 3.8) is 0 Å². The van der Waals surface area contributed by atoms with Crippen LogP contribution in [0.3, 0.4) is 0 Å². The number of alkyl carbamates (subject to hydrolysis) is 1. The van der Waals surface area contributed by atoms with Gasteiger partial charge in [-0.05, 0) is 23.5 Å². The highest BCUT2D eigenvalue weighted by molar-refractivity contribution is 5.92. The summed E-state index contributed by atoms with van der Waals surface area (Å²) in [5, 5.41) is 5.11. The molecule has 2 amide bonds. The van der Waals surface area contributed by atoms with Crippen molar-refractivity contribution in [1.82, 2.24) is 10.6 Å². The molecule has 2 rings (SSSR count). The summed E-state index contributed by atoms with van der Waals surface area (Å²) in [6, 6.07) is 16.2. The molecule has 2 aromatic rings. The molecule has 0 aliphatic rings. The lowest BCUT2D eigenvalue weighted by Gasteiger charge is -2.24. The van der Waals surface area contributed by atoms with E-state index < -0.39 is 36.5 Å². The molecule has 2 N–H and O–H groups in total. The van der Waals surface area contributed by atoms with E-state index in [1.807, 2.05) is 36.4 Å². The van der Waals surface area contributed by atoms with Gasteiger partial charge in [0.15, 0.2) is 5.78 Å². The minimum absolute atomic E-state index is 0.0656. The maximum Gasteiger partial charge on any atom is 0.408 e. The Kier molecular flexibility index (Phi) is 9.00. The van der Waals surface area contributed by atoms with Crippen LogP contribution in [0.2, 0.25) is 0 Å². The molecule has 2 unspecified atom stereocenters. The van der Waals surface area contributed by atoms with Gasteiger partial charge in [-0.3, -0.25) is 9.59 Å². The summed E-state index contributed by atoms with van der Waals surface area (Å²) >= 11 is 0. The van der Waals surface area contributed by atoms with E-state index in [0.717, 1.165) is 11.1 Å². The quantitative estimate of drug-likeness (QED) is 0.625. The molecule has 0 bridgehead atoms. The zero-order valence-corrected chi connectivity index (χ0v) is 17.1. The molecular weight excluding hydrogens is 387 g/mol. The van der Waals surface area contributed by atoms with Crippen molar-refractivity contribution in [2.75, 3.05) is 6.67 Å². The lowest BCUT2D eigenvalue weighted by Crippen LogP contribution is -2.54. The third kappa shape index (κ3) is 7.31. The van der Waals surface area contributed by atoms with Crippen LogP contribution < -0.4 is 10.6 Å². The van der Waals surface area contributed by atoms with E-state index in [1.165, 1.54) is 0 Å². The van der Waals surface area contributed by atoms with E-state index in [0.29, 0.717) is 0 Å². The standard InChI is InChI=1S/C23H27FN2O4/c1-16(2)21(26-23(29)30-15-18-11-7-4-8-12-18)22(28)25-19(20(27)14-24)13-17-9-5-3-6-10-17/h3-12,16,19,21H,13-15H2,1-2H3,(H,25,28)(H,26,29). The Labute approximate surface area is 175 Å². The van der Waals surface area contributed by atoms with Gasteiger partial charge in [-0.1, -0.05) is 74.5 Å². The first-order valence-electron chi connectivity index (χ1n) is 9.81. The first-order chi connectivity index (χ1) is 14.4. The lowest BCUT2D eigenvalue weighted by molar-refractivity contribution is -0.129. The average molecular weight is 414 g/mol. The van der Waals surface area contributed by atoms with Crippen molar-refractivity contribution in [2.24, 2.45) is 5.92 Å². The van der Waals surface area contributed by atoms with E-state index in [1.54, 1.807) is 38.1 Å². The fourth-order valence-electron chi connectivity index (χ4n) is 2.88. The SMILES string of the molecule is CC(C)C(NC(=O)OCc1ccccc1)C(=O)NC(Cc1ccccc1)C(=O)CF. The summed E-state index contributed by atoms with van der Waals surface area (Å²) in [4.78, 5) is 36.9. The smallest absolute Gasteiger partial charge is 0.408 e. The summed E-state index contributed by atoms with van der Waals surface area (Å²) in [5.74, 6) is -1.56. The molecule has 160 valence electrons. The van der Waals surface area contributed by atoms with Gasteiger partial charge in [-0.15, -0.1) is 0 Å². The maximum atomic E-state index is 13.0. The highest BCUT2D eigenvalue weighted by Gasteiger charge is 2.29. The van der Waals surface area contributed by atoms with Crippen LogP contribution in [0.5, 0.6) is 0 Å². The van der Waals surface area contributed by atoms with Crippen LogP contribution in [0.4, 0.5) is 9.18 Å². The molecule has 2 atom stereocenters. The van der Waals surface area contributed by atoms with Crippen molar-refractivity contribution in [2.45, 2.75) is 39.0 Å².